The number of nitrogens with one attached hydrogen (secondary N) is 1. The summed E-state index contributed by atoms with van der Waals surface area (Å²) in [5, 5.41) is 2.33. The van der Waals surface area contributed by atoms with Crippen LogP contribution in [0.4, 0.5) is 19.1 Å². The summed E-state index contributed by atoms with van der Waals surface area (Å²) in [5.41, 5.74) is 3.51. The van der Waals surface area contributed by atoms with Crippen molar-refractivity contribution in [1.29, 1.82) is 0 Å². The minimum absolute atomic E-state index is 0.0585. The van der Waals surface area contributed by atoms with Gasteiger partial charge in [-0.05, 0) is 0 Å². The monoisotopic (exact) mass is 258 g/mol. The third-order valence-corrected chi connectivity index (χ3v) is 1.72. The molecule has 18 heavy (non-hydrogen) atoms. The summed E-state index contributed by atoms with van der Waals surface area (Å²) < 4.78 is 37.7. The predicted octanol–water partition coefficient (Wildman–Crippen LogP) is 0.565. The van der Waals surface area contributed by atoms with E-state index < -0.39 is 17.8 Å². The molecule has 0 bridgehead atoms. The lowest BCUT2D eigenvalue weighted by atomic mass is 10.2. The lowest BCUT2D eigenvalue weighted by molar-refractivity contribution is -0.141. The van der Waals surface area contributed by atoms with Gasteiger partial charge in [-0.25, -0.2) is 9.97 Å². The lowest BCUT2D eigenvalue weighted by Crippen LogP contribution is -2.19. The summed E-state index contributed by atoms with van der Waals surface area (Å²) in [6.07, 6.45) is -3.76. The normalized spacial score (nSPS) is 10.4. The van der Waals surface area contributed by atoms with E-state index in [0.29, 0.717) is 0 Å². The fraction of sp³-hybridized carbons (Fsp3) is 0.300. The quantitative estimate of drug-likeness (QED) is 0.721. The number of anilines is 1. The number of hydrogen-bond acceptors (Lipinski definition) is 4. The molecule has 96 valence electrons. The van der Waals surface area contributed by atoms with Crippen LogP contribution in [0.1, 0.15) is 18.2 Å². The second-order valence-corrected chi connectivity index (χ2v) is 3.20. The van der Waals surface area contributed by atoms with Crippen LogP contribution in [0.3, 0.4) is 0 Å². The van der Waals surface area contributed by atoms with Gasteiger partial charge in [0.05, 0.1) is 12.1 Å². The third kappa shape index (κ3) is 3.93. The number of carbonyl (C=O) groups is 1. The molecule has 1 aromatic rings. The van der Waals surface area contributed by atoms with Gasteiger partial charge < -0.3 is 11.1 Å². The molecule has 0 saturated carbocycles. The Morgan fingerprint density at radius 1 is 1.56 bits per heavy atom. The second-order valence-electron chi connectivity index (χ2n) is 3.20. The van der Waals surface area contributed by atoms with Gasteiger partial charge in [0.15, 0.2) is 5.69 Å². The first-order valence-corrected chi connectivity index (χ1v) is 4.73. The Morgan fingerprint density at radius 3 is 2.78 bits per heavy atom. The van der Waals surface area contributed by atoms with Gasteiger partial charge in [0.2, 0.25) is 11.9 Å². The highest BCUT2D eigenvalue weighted by molar-refractivity contribution is 5.73. The molecule has 0 aliphatic heterocycles. The third-order valence-electron chi connectivity index (χ3n) is 1.72. The van der Waals surface area contributed by atoms with Crippen molar-refractivity contribution in [3.63, 3.8) is 0 Å². The number of aromatic nitrogens is 2. The van der Waals surface area contributed by atoms with Crippen LogP contribution in [-0.2, 0) is 11.0 Å². The first kappa shape index (κ1) is 13.8. The smallest absolute Gasteiger partial charge is 0.368 e. The molecule has 1 aromatic heterocycles. The summed E-state index contributed by atoms with van der Waals surface area (Å²) in [6, 6.07) is 0. The Kier molecular flexibility index (Phi) is 4.09. The molecule has 0 fully saturated rings. The van der Waals surface area contributed by atoms with Gasteiger partial charge in [-0.15, -0.1) is 0 Å². The van der Waals surface area contributed by atoms with Crippen LogP contribution in [0.15, 0.2) is 6.20 Å². The Morgan fingerprint density at radius 2 is 2.22 bits per heavy atom. The van der Waals surface area contributed by atoms with Gasteiger partial charge in [0.25, 0.3) is 0 Å². The van der Waals surface area contributed by atoms with E-state index in [4.69, 9.17) is 5.73 Å². The average molecular weight is 258 g/mol. The largest absolute Gasteiger partial charge is 0.434 e. The standard InChI is InChI=1S/C10H9F3N4O/c1-6(18)15-4-2-3-7-5-16-9(14)17-8(7)10(11,12)13/h5H,4H2,1H3,(H,15,18)(H2,14,16,17). The molecule has 1 rings (SSSR count). The Balaban J connectivity index is 2.98. The molecule has 0 aromatic carbocycles. The maximum Gasteiger partial charge on any atom is 0.434 e. The predicted molar refractivity (Wildman–Crippen MR) is 57.0 cm³/mol. The highest BCUT2D eigenvalue weighted by atomic mass is 19.4. The number of carbonyl (C=O) groups excluding carboxylic acids is 1. The number of rotatable bonds is 1. The van der Waals surface area contributed by atoms with Crippen LogP contribution < -0.4 is 11.1 Å². The average Bonchev–Trinajstić information content (AvgIpc) is 2.24. The van der Waals surface area contributed by atoms with Crippen molar-refractivity contribution < 1.29 is 18.0 Å². The second kappa shape index (κ2) is 5.35. The van der Waals surface area contributed by atoms with Gasteiger partial charge in [-0.1, -0.05) is 11.8 Å². The summed E-state index contributed by atoms with van der Waals surface area (Å²) in [6.45, 7) is 1.21. The van der Waals surface area contributed by atoms with Gasteiger partial charge >= 0.3 is 6.18 Å². The van der Waals surface area contributed by atoms with Crippen molar-refractivity contribution in [3.8, 4) is 11.8 Å². The molecule has 0 saturated heterocycles. The summed E-state index contributed by atoms with van der Waals surface area (Å²) in [4.78, 5) is 17.1. The number of halogens is 3. The Bertz CT molecular complexity index is 516. The number of hydrogen-bond donors (Lipinski definition) is 2. The van der Waals surface area contributed by atoms with Gasteiger partial charge in [0.1, 0.15) is 0 Å². The Hall–Kier alpha value is -2.30. The zero-order valence-corrected chi connectivity index (χ0v) is 9.30. The molecule has 1 amide bonds. The molecule has 1 heterocycles. The van der Waals surface area contributed by atoms with Crippen LogP contribution in [0.2, 0.25) is 0 Å². The number of nitrogens with two attached hydrogens (primary N) is 1. The number of amides is 1. The molecule has 0 aliphatic rings. The molecule has 0 aliphatic carbocycles. The van der Waals surface area contributed by atoms with Crippen molar-refractivity contribution in [1.82, 2.24) is 15.3 Å². The fourth-order valence-electron chi connectivity index (χ4n) is 1.01. The maximum absolute atomic E-state index is 12.6. The van der Waals surface area contributed by atoms with Gasteiger partial charge in [0, 0.05) is 13.1 Å². The maximum atomic E-state index is 12.6. The summed E-state index contributed by atoms with van der Waals surface area (Å²) >= 11 is 0. The van der Waals surface area contributed by atoms with Crippen LogP contribution >= 0.6 is 0 Å². The molecule has 5 nitrogen and oxygen atoms in total. The van der Waals surface area contributed by atoms with Gasteiger partial charge in [-0.2, -0.15) is 13.2 Å². The first-order chi connectivity index (χ1) is 8.30. The van der Waals surface area contributed by atoms with Crippen LogP contribution in [0.5, 0.6) is 0 Å². The Labute approximate surface area is 101 Å². The zero-order valence-electron chi connectivity index (χ0n) is 9.30. The SMILES string of the molecule is CC(=O)NCC#Cc1cnc(N)nc1C(F)(F)F. The lowest BCUT2D eigenvalue weighted by Gasteiger charge is -2.07. The number of alkyl halides is 3. The zero-order chi connectivity index (χ0) is 13.8. The molecule has 0 atom stereocenters. The van der Waals surface area contributed by atoms with E-state index in [9.17, 15) is 18.0 Å². The van der Waals surface area contributed by atoms with Crippen molar-refractivity contribution in [2.45, 2.75) is 13.1 Å². The highest BCUT2D eigenvalue weighted by Gasteiger charge is 2.35. The molecule has 0 unspecified atom stereocenters. The van der Waals surface area contributed by atoms with Crippen LogP contribution in [0.25, 0.3) is 0 Å². The van der Waals surface area contributed by atoms with E-state index in [1.165, 1.54) is 6.92 Å². The van der Waals surface area contributed by atoms with E-state index in [1.54, 1.807) is 0 Å². The van der Waals surface area contributed by atoms with Crippen molar-refractivity contribution >= 4 is 11.9 Å². The van der Waals surface area contributed by atoms with Crippen molar-refractivity contribution in [3.05, 3.63) is 17.5 Å². The van der Waals surface area contributed by atoms with E-state index >= 15 is 0 Å². The molecule has 0 spiro atoms. The topological polar surface area (TPSA) is 80.9 Å². The molecule has 8 heteroatoms. The van der Waals surface area contributed by atoms with Crippen LogP contribution in [-0.4, -0.2) is 22.4 Å². The van der Waals surface area contributed by atoms with Gasteiger partial charge in [-0.3, -0.25) is 4.79 Å². The molecule has 3 N–H and O–H groups in total. The van der Waals surface area contributed by atoms with Crippen LogP contribution in [0, 0.1) is 11.8 Å². The minimum Gasteiger partial charge on any atom is -0.368 e. The van der Waals surface area contributed by atoms with E-state index in [1.807, 2.05) is 0 Å². The molecule has 0 radical (unpaired) electrons. The summed E-state index contributed by atoms with van der Waals surface area (Å²) in [5.74, 6) is 3.80. The molecular formula is C10H9F3N4O. The number of nitrogen functional groups attached to an aromatic ring is 1. The van der Waals surface area contributed by atoms with Crippen molar-refractivity contribution in [2.24, 2.45) is 0 Å². The van der Waals surface area contributed by atoms with E-state index in [2.05, 4.69) is 27.1 Å². The van der Waals surface area contributed by atoms with Crippen molar-refractivity contribution in [2.75, 3.05) is 12.3 Å². The van der Waals surface area contributed by atoms with E-state index in [-0.39, 0.29) is 18.0 Å². The fourth-order valence-corrected chi connectivity index (χ4v) is 1.01. The number of nitrogens with zero attached hydrogens (tertiary/aromatic N) is 2. The highest BCUT2D eigenvalue weighted by Crippen LogP contribution is 2.29. The minimum atomic E-state index is -4.66. The molecular weight excluding hydrogens is 249 g/mol. The van der Waals surface area contributed by atoms with E-state index in [0.717, 1.165) is 6.20 Å². The summed E-state index contributed by atoms with van der Waals surface area (Å²) in [7, 11) is 0. The first-order valence-electron chi connectivity index (χ1n) is 4.73.